The molecule has 4 aliphatic rings. The molecule has 0 N–H and O–H groups in total. The highest BCUT2D eigenvalue weighted by Gasteiger charge is 2.57. The first-order chi connectivity index (χ1) is 11.4. The first-order valence-corrected chi connectivity index (χ1v) is 9.46. The predicted molar refractivity (Wildman–Crippen MR) is 88.0 cm³/mol. The van der Waals surface area contributed by atoms with E-state index in [2.05, 4.69) is 6.92 Å². The third-order valence-corrected chi connectivity index (χ3v) is 7.40. The summed E-state index contributed by atoms with van der Waals surface area (Å²) in [4.78, 5) is 24.1. The molecule has 0 aromatic carbocycles. The van der Waals surface area contributed by atoms with Gasteiger partial charge in [0.25, 0.3) is 0 Å². The van der Waals surface area contributed by atoms with Gasteiger partial charge < -0.3 is 4.74 Å². The van der Waals surface area contributed by atoms with Crippen LogP contribution in [0.3, 0.4) is 0 Å². The highest BCUT2D eigenvalue weighted by Crippen LogP contribution is 2.61. The lowest BCUT2D eigenvalue weighted by Crippen LogP contribution is -2.47. The van der Waals surface area contributed by atoms with Crippen LogP contribution in [0.15, 0.2) is 11.1 Å². The normalized spacial score (nSPS) is 44.6. The number of alkyl halides is 1. The minimum atomic E-state index is -0.835. The van der Waals surface area contributed by atoms with Crippen LogP contribution >= 0.6 is 0 Å². The van der Waals surface area contributed by atoms with Crippen LogP contribution in [0, 0.1) is 23.2 Å². The van der Waals surface area contributed by atoms with Crippen LogP contribution in [-0.2, 0) is 14.3 Å². The number of allylic oxidation sites excluding steroid dienone is 2. The first-order valence-electron chi connectivity index (χ1n) is 9.46. The molecular formula is C20H27FO3. The molecule has 4 heteroatoms. The lowest BCUT2D eigenvalue weighted by molar-refractivity contribution is -0.155. The number of ether oxygens (including phenoxy) is 1. The van der Waals surface area contributed by atoms with Crippen LogP contribution in [0.2, 0.25) is 0 Å². The number of rotatable bonds is 1. The average Bonchev–Trinajstić information content (AvgIpc) is 2.84. The molecule has 0 bridgehead atoms. The second-order valence-corrected chi connectivity index (χ2v) is 8.57. The number of Topliss-reactive ketones (excluding diaryl/α,β-unsaturated/α-hetero) is 1. The Morgan fingerprint density at radius 1 is 1.21 bits per heavy atom. The zero-order valence-corrected chi connectivity index (χ0v) is 14.6. The highest BCUT2D eigenvalue weighted by molar-refractivity contribution is 5.97. The molecule has 0 aliphatic heterocycles. The van der Waals surface area contributed by atoms with Gasteiger partial charge in [-0.15, -0.1) is 0 Å². The second kappa shape index (κ2) is 5.67. The number of carbonyl (C=O) groups excluding carboxylic acids is 2. The molecule has 3 nitrogen and oxygen atoms in total. The minimum Gasteiger partial charge on any atom is -0.462 e. The molecule has 0 aromatic heterocycles. The summed E-state index contributed by atoms with van der Waals surface area (Å²) >= 11 is 0. The quantitative estimate of drug-likeness (QED) is 0.677. The monoisotopic (exact) mass is 334 g/mol. The number of hydrogen-bond acceptors (Lipinski definition) is 3. The second-order valence-electron chi connectivity index (χ2n) is 8.57. The molecule has 6 atom stereocenters. The van der Waals surface area contributed by atoms with Crippen molar-refractivity contribution >= 4 is 11.8 Å². The van der Waals surface area contributed by atoms with E-state index in [4.69, 9.17) is 4.74 Å². The lowest BCUT2D eigenvalue weighted by Gasteiger charge is -2.51. The predicted octanol–water partition coefficient (Wildman–Crippen LogP) is 4.15. The summed E-state index contributed by atoms with van der Waals surface area (Å²) in [6.07, 6.45) is 5.46. The van der Waals surface area contributed by atoms with E-state index < -0.39 is 6.17 Å². The summed E-state index contributed by atoms with van der Waals surface area (Å²) in [6.45, 7) is 3.74. The summed E-state index contributed by atoms with van der Waals surface area (Å²) in [7, 11) is 0. The summed E-state index contributed by atoms with van der Waals surface area (Å²) in [5, 5.41) is 0. The van der Waals surface area contributed by atoms with Gasteiger partial charge in [-0.1, -0.05) is 12.5 Å². The third kappa shape index (κ3) is 2.36. The van der Waals surface area contributed by atoms with Gasteiger partial charge in [-0.2, -0.15) is 0 Å². The molecule has 2 saturated carbocycles. The molecular weight excluding hydrogens is 307 g/mol. The molecule has 4 aliphatic carbocycles. The van der Waals surface area contributed by atoms with E-state index >= 15 is 0 Å². The summed E-state index contributed by atoms with van der Waals surface area (Å²) < 4.78 is 19.4. The Balaban J connectivity index is 1.63. The van der Waals surface area contributed by atoms with Gasteiger partial charge in [0, 0.05) is 25.2 Å². The number of ketones is 1. The molecule has 0 radical (unpaired) electrons. The Kier molecular flexibility index (Phi) is 3.85. The number of halogens is 1. The van der Waals surface area contributed by atoms with Gasteiger partial charge in [0.1, 0.15) is 12.3 Å². The maximum Gasteiger partial charge on any atom is 0.302 e. The van der Waals surface area contributed by atoms with Crippen molar-refractivity contribution in [1.29, 1.82) is 0 Å². The van der Waals surface area contributed by atoms with Gasteiger partial charge in [-0.25, -0.2) is 4.39 Å². The maximum absolute atomic E-state index is 13.8. The van der Waals surface area contributed by atoms with E-state index in [1.807, 2.05) is 0 Å². The zero-order chi connectivity index (χ0) is 17.1. The van der Waals surface area contributed by atoms with Crippen LogP contribution in [0.5, 0.6) is 0 Å². The molecule has 24 heavy (non-hydrogen) atoms. The number of hydrogen-bond donors (Lipinski definition) is 0. The fourth-order valence-electron chi connectivity index (χ4n) is 6.31. The molecule has 0 heterocycles. The first kappa shape index (κ1) is 16.3. The van der Waals surface area contributed by atoms with Crippen molar-refractivity contribution in [2.24, 2.45) is 23.2 Å². The fourth-order valence-corrected chi connectivity index (χ4v) is 6.31. The molecule has 2 fully saturated rings. The van der Waals surface area contributed by atoms with Gasteiger partial charge >= 0.3 is 5.97 Å². The molecule has 0 aromatic rings. The standard InChI is InChI=1S/C20H27FO3/c1-11(22)24-19-6-5-17-15-10-18(23)16-9-12(21)3-4-13(16)14(15)7-8-20(17,19)2/h12,14-15,17,19H,3-10H2,1-2H3. The number of carbonyl (C=O) groups is 2. The van der Waals surface area contributed by atoms with Crippen molar-refractivity contribution in [3.05, 3.63) is 11.1 Å². The van der Waals surface area contributed by atoms with Gasteiger partial charge in [-0.3, -0.25) is 9.59 Å². The minimum absolute atomic E-state index is 0.00245. The van der Waals surface area contributed by atoms with Crippen LogP contribution in [0.1, 0.15) is 65.2 Å². The number of fused-ring (bicyclic) bond motifs is 4. The smallest absolute Gasteiger partial charge is 0.302 e. The van der Waals surface area contributed by atoms with Gasteiger partial charge in [0.05, 0.1) is 0 Å². The van der Waals surface area contributed by atoms with Crippen LogP contribution < -0.4 is 0 Å². The third-order valence-electron chi connectivity index (χ3n) is 7.40. The average molecular weight is 334 g/mol. The number of esters is 1. The van der Waals surface area contributed by atoms with Crippen LogP contribution in [0.25, 0.3) is 0 Å². The summed E-state index contributed by atoms with van der Waals surface area (Å²) in [5.74, 6) is 1.26. The van der Waals surface area contributed by atoms with Crippen molar-refractivity contribution < 1.29 is 18.7 Å². The van der Waals surface area contributed by atoms with Crippen LogP contribution in [0.4, 0.5) is 4.39 Å². The van der Waals surface area contributed by atoms with Gasteiger partial charge in [0.2, 0.25) is 0 Å². The van der Waals surface area contributed by atoms with Crippen molar-refractivity contribution in [3.8, 4) is 0 Å². The van der Waals surface area contributed by atoms with E-state index in [0.29, 0.717) is 37.0 Å². The van der Waals surface area contributed by atoms with Crippen molar-refractivity contribution in [2.75, 3.05) is 0 Å². The summed E-state index contributed by atoms with van der Waals surface area (Å²) in [6, 6.07) is 0. The SMILES string of the molecule is CC(=O)OC1CCC2C3CC(=O)C4=C(CCC(F)C4)C3CCC12C. The molecule has 0 spiro atoms. The fraction of sp³-hybridized carbons (Fsp3) is 0.800. The summed E-state index contributed by atoms with van der Waals surface area (Å²) in [5.41, 5.74) is 2.11. The topological polar surface area (TPSA) is 43.4 Å². The van der Waals surface area contributed by atoms with Crippen molar-refractivity contribution in [2.45, 2.75) is 77.5 Å². The lowest BCUT2D eigenvalue weighted by atomic mass is 9.54. The highest BCUT2D eigenvalue weighted by atomic mass is 19.1. The zero-order valence-electron chi connectivity index (χ0n) is 14.6. The molecule has 0 amide bonds. The van der Waals surface area contributed by atoms with E-state index in [-0.39, 0.29) is 23.3 Å². The molecule has 4 rings (SSSR count). The molecule has 6 unspecified atom stereocenters. The van der Waals surface area contributed by atoms with E-state index in [1.54, 1.807) is 0 Å². The Morgan fingerprint density at radius 2 is 2.00 bits per heavy atom. The Bertz CT molecular complexity index is 610. The molecule has 0 saturated heterocycles. The van der Waals surface area contributed by atoms with E-state index in [9.17, 15) is 14.0 Å². The Morgan fingerprint density at radius 3 is 2.75 bits per heavy atom. The Labute approximate surface area is 143 Å². The van der Waals surface area contributed by atoms with Crippen molar-refractivity contribution in [1.82, 2.24) is 0 Å². The van der Waals surface area contributed by atoms with Gasteiger partial charge in [-0.05, 0) is 61.9 Å². The van der Waals surface area contributed by atoms with Crippen LogP contribution in [-0.4, -0.2) is 24.0 Å². The maximum atomic E-state index is 13.8. The van der Waals surface area contributed by atoms with Gasteiger partial charge in [0.15, 0.2) is 5.78 Å². The molecule has 132 valence electrons. The van der Waals surface area contributed by atoms with E-state index in [0.717, 1.165) is 37.7 Å². The van der Waals surface area contributed by atoms with E-state index in [1.165, 1.54) is 12.5 Å². The van der Waals surface area contributed by atoms with Crippen molar-refractivity contribution in [3.63, 3.8) is 0 Å². The largest absolute Gasteiger partial charge is 0.462 e. The Hall–Kier alpha value is -1.19.